The molecule has 1 aliphatic rings. The summed E-state index contributed by atoms with van der Waals surface area (Å²) in [5.41, 5.74) is 3.30. The van der Waals surface area contributed by atoms with Gasteiger partial charge in [0.05, 0.1) is 5.69 Å². The summed E-state index contributed by atoms with van der Waals surface area (Å²) in [6, 6.07) is 6.25. The normalized spacial score (nSPS) is 16.2. The fraction of sp³-hybridized carbons (Fsp3) is 0.500. The third-order valence-corrected chi connectivity index (χ3v) is 3.73. The van der Waals surface area contributed by atoms with Crippen LogP contribution in [0.5, 0.6) is 0 Å². The van der Waals surface area contributed by atoms with Gasteiger partial charge in [-0.3, -0.25) is 0 Å². The van der Waals surface area contributed by atoms with Crippen LogP contribution in [0, 0.1) is 12.8 Å². The number of rotatable bonds is 4. The van der Waals surface area contributed by atoms with Gasteiger partial charge in [0.2, 0.25) is 0 Å². The highest BCUT2D eigenvalue weighted by molar-refractivity contribution is 5.53. The Morgan fingerprint density at radius 3 is 2.90 bits per heavy atom. The van der Waals surface area contributed by atoms with Crippen LogP contribution in [0.2, 0.25) is 0 Å². The van der Waals surface area contributed by atoms with Crippen LogP contribution in [-0.2, 0) is 4.74 Å². The van der Waals surface area contributed by atoms with E-state index >= 15 is 0 Å². The van der Waals surface area contributed by atoms with Gasteiger partial charge in [0.15, 0.2) is 0 Å². The lowest BCUT2D eigenvalue weighted by Gasteiger charge is -2.22. The lowest BCUT2D eigenvalue weighted by molar-refractivity contribution is 0.0699. The maximum atomic E-state index is 5.38. The summed E-state index contributed by atoms with van der Waals surface area (Å²) in [7, 11) is 0. The molecular formula is C14H19N5O. The second-order valence-electron chi connectivity index (χ2n) is 5.19. The van der Waals surface area contributed by atoms with Gasteiger partial charge in [0, 0.05) is 25.4 Å². The molecule has 2 heterocycles. The molecule has 0 bridgehead atoms. The number of nitrogens with zero attached hydrogens (tertiary/aromatic N) is 4. The first-order chi connectivity index (χ1) is 9.83. The number of aromatic nitrogens is 4. The third kappa shape index (κ3) is 2.96. The van der Waals surface area contributed by atoms with Gasteiger partial charge < -0.3 is 10.1 Å². The number of benzene rings is 1. The molecule has 6 nitrogen and oxygen atoms in total. The fourth-order valence-corrected chi connectivity index (χ4v) is 2.51. The van der Waals surface area contributed by atoms with Crippen molar-refractivity contribution in [2.24, 2.45) is 5.92 Å². The van der Waals surface area contributed by atoms with Gasteiger partial charge >= 0.3 is 0 Å². The topological polar surface area (TPSA) is 64.9 Å². The predicted octanol–water partition coefficient (Wildman–Crippen LogP) is 1.81. The van der Waals surface area contributed by atoms with Gasteiger partial charge in [-0.15, -0.1) is 5.10 Å². The molecule has 3 rings (SSSR count). The van der Waals surface area contributed by atoms with E-state index in [1.54, 1.807) is 11.0 Å². The van der Waals surface area contributed by atoms with Crippen LogP contribution >= 0.6 is 0 Å². The Morgan fingerprint density at radius 2 is 2.20 bits per heavy atom. The van der Waals surface area contributed by atoms with E-state index in [1.165, 1.54) is 0 Å². The molecule has 0 radical (unpaired) electrons. The number of ether oxygens (including phenoxy) is 1. The van der Waals surface area contributed by atoms with E-state index in [2.05, 4.69) is 39.9 Å². The lowest BCUT2D eigenvalue weighted by atomic mass is 10.0. The summed E-state index contributed by atoms with van der Waals surface area (Å²) in [4.78, 5) is 0. The molecule has 1 aliphatic heterocycles. The van der Waals surface area contributed by atoms with Gasteiger partial charge in [-0.25, -0.2) is 4.68 Å². The number of nitrogens with one attached hydrogen (secondary N) is 1. The molecule has 0 spiro atoms. The predicted molar refractivity (Wildman–Crippen MR) is 75.9 cm³/mol. The molecule has 0 unspecified atom stereocenters. The maximum Gasteiger partial charge on any atom is 0.143 e. The highest BCUT2D eigenvalue weighted by Gasteiger charge is 2.13. The van der Waals surface area contributed by atoms with Crippen LogP contribution in [0.4, 0.5) is 5.69 Å². The van der Waals surface area contributed by atoms with Crippen molar-refractivity contribution in [1.29, 1.82) is 0 Å². The first kappa shape index (κ1) is 13.1. The van der Waals surface area contributed by atoms with E-state index in [0.29, 0.717) is 5.92 Å². The Bertz CT molecular complexity index is 549. The molecule has 0 amide bonds. The lowest BCUT2D eigenvalue weighted by Crippen LogP contribution is -2.22. The largest absolute Gasteiger partial charge is 0.385 e. The molecule has 0 saturated carbocycles. The van der Waals surface area contributed by atoms with Crippen molar-refractivity contribution in [2.45, 2.75) is 19.8 Å². The Balaban J connectivity index is 1.64. The molecule has 106 valence electrons. The molecule has 20 heavy (non-hydrogen) atoms. The van der Waals surface area contributed by atoms with Crippen LogP contribution in [0.3, 0.4) is 0 Å². The van der Waals surface area contributed by atoms with Crippen LogP contribution in [0.25, 0.3) is 5.69 Å². The second kappa shape index (κ2) is 6.00. The van der Waals surface area contributed by atoms with Gasteiger partial charge in [-0.1, -0.05) is 0 Å². The van der Waals surface area contributed by atoms with Crippen molar-refractivity contribution in [3.63, 3.8) is 0 Å². The molecule has 1 aromatic heterocycles. The second-order valence-corrected chi connectivity index (χ2v) is 5.19. The van der Waals surface area contributed by atoms with Crippen molar-refractivity contribution < 1.29 is 4.74 Å². The van der Waals surface area contributed by atoms with Gasteiger partial charge in [-0.05, 0) is 59.9 Å². The minimum atomic E-state index is 0.711. The average molecular weight is 273 g/mol. The van der Waals surface area contributed by atoms with E-state index in [4.69, 9.17) is 4.74 Å². The quantitative estimate of drug-likeness (QED) is 0.920. The first-order valence-corrected chi connectivity index (χ1v) is 6.98. The zero-order chi connectivity index (χ0) is 13.8. The van der Waals surface area contributed by atoms with E-state index in [-0.39, 0.29) is 0 Å². The highest BCUT2D eigenvalue weighted by Crippen LogP contribution is 2.20. The first-order valence-electron chi connectivity index (χ1n) is 6.98. The summed E-state index contributed by atoms with van der Waals surface area (Å²) in [6.45, 7) is 4.86. The van der Waals surface area contributed by atoms with Crippen LogP contribution in [0.15, 0.2) is 24.5 Å². The van der Waals surface area contributed by atoms with Crippen molar-refractivity contribution in [3.05, 3.63) is 30.1 Å². The standard InChI is InChI=1S/C14H19N5O/c1-11-8-13(15-9-12-4-6-20-7-5-12)2-3-14(11)19-10-16-17-18-19/h2-3,8,10,12,15H,4-7,9H2,1H3. The minimum Gasteiger partial charge on any atom is -0.385 e. The summed E-state index contributed by atoms with van der Waals surface area (Å²) in [5, 5.41) is 14.8. The highest BCUT2D eigenvalue weighted by atomic mass is 16.5. The molecule has 1 aromatic carbocycles. The zero-order valence-electron chi connectivity index (χ0n) is 11.6. The number of aryl methyl sites for hydroxylation is 1. The summed E-state index contributed by atoms with van der Waals surface area (Å²) in [5.74, 6) is 0.711. The SMILES string of the molecule is Cc1cc(NCC2CCOCC2)ccc1-n1cnnn1. The molecule has 1 N–H and O–H groups in total. The third-order valence-electron chi connectivity index (χ3n) is 3.73. The van der Waals surface area contributed by atoms with Crippen LogP contribution < -0.4 is 5.32 Å². The zero-order valence-corrected chi connectivity index (χ0v) is 11.6. The van der Waals surface area contributed by atoms with Gasteiger partial charge in [0.25, 0.3) is 0 Å². The smallest absolute Gasteiger partial charge is 0.143 e. The van der Waals surface area contributed by atoms with E-state index < -0.39 is 0 Å². The average Bonchev–Trinajstić information content (AvgIpc) is 3.00. The van der Waals surface area contributed by atoms with Crippen LogP contribution in [-0.4, -0.2) is 40.0 Å². The summed E-state index contributed by atoms with van der Waals surface area (Å²) < 4.78 is 7.06. The number of tetrazole rings is 1. The van der Waals surface area contributed by atoms with Crippen molar-refractivity contribution in [3.8, 4) is 5.69 Å². The monoisotopic (exact) mass is 273 g/mol. The fourth-order valence-electron chi connectivity index (χ4n) is 2.51. The Labute approximate surface area is 118 Å². The van der Waals surface area contributed by atoms with E-state index in [0.717, 1.165) is 49.5 Å². The molecule has 1 fully saturated rings. The Morgan fingerprint density at radius 1 is 1.35 bits per heavy atom. The Hall–Kier alpha value is -1.95. The Kier molecular flexibility index (Phi) is 3.92. The molecule has 1 saturated heterocycles. The van der Waals surface area contributed by atoms with Crippen LogP contribution in [0.1, 0.15) is 18.4 Å². The molecule has 0 atom stereocenters. The van der Waals surface area contributed by atoms with Crippen molar-refractivity contribution in [2.75, 3.05) is 25.1 Å². The molecule has 2 aromatic rings. The van der Waals surface area contributed by atoms with E-state index in [1.807, 2.05) is 6.07 Å². The van der Waals surface area contributed by atoms with Gasteiger partial charge in [0.1, 0.15) is 6.33 Å². The summed E-state index contributed by atoms with van der Waals surface area (Å²) >= 11 is 0. The van der Waals surface area contributed by atoms with Crippen molar-refractivity contribution >= 4 is 5.69 Å². The number of hydrogen-bond acceptors (Lipinski definition) is 5. The maximum absolute atomic E-state index is 5.38. The number of anilines is 1. The minimum absolute atomic E-state index is 0.711. The van der Waals surface area contributed by atoms with Gasteiger partial charge in [-0.2, -0.15) is 0 Å². The van der Waals surface area contributed by atoms with E-state index in [9.17, 15) is 0 Å². The molecule has 0 aliphatic carbocycles. The number of hydrogen-bond donors (Lipinski definition) is 1. The molecule has 6 heteroatoms. The summed E-state index contributed by atoms with van der Waals surface area (Å²) in [6.07, 6.45) is 3.90. The van der Waals surface area contributed by atoms with Crippen molar-refractivity contribution in [1.82, 2.24) is 20.2 Å². The molecular weight excluding hydrogens is 254 g/mol.